The molecule has 0 aromatic carbocycles. The number of nitrogens with zero attached hydrogens (tertiary/aromatic N) is 3. The molecule has 6 heteroatoms. The van der Waals surface area contributed by atoms with Gasteiger partial charge in [-0.05, 0) is 52.9 Å². The number of pyridine rings is 1. The summed E-state index contributed by atoms with van der Waals surface area (Å²) in [5, 5.41) is 0. The molecule has 0 spiro atoms. The maximum atomic E-state index is 12.2. The summed E-state index contributed by atoms with van der Waals surface area (Å²) < 4.78 is 6.23. The van der Waals surface area contributed by atoms with Crippen molar-refractivity contribution in [3.8, 4) is 0 Å². The van der Waals surface area contributed by atoms with Crippen molar-refractivity contribution in [2.75, 3.05) is 31.1 Å². The molecule has 1 aliphatic heterocycles. The number of amides is 1. The van der Waals surface area contributed by atoms with Crippen molar-refractivity contribution in [1.82, 2.24) is 9.88 Å². The van der Waals surface area contributed by atoms with E-state index in [2.05, 4.69) is 32.5 Å². The monoisotopic (exact) mass is 409 g/mol. The SMILES string of the molecule is O=C(/C=C/c1ccc(I)o1)N1CCN(c2ccncc2)CC1. The third-order valence-electron chi connectivity index (χ3n) is 3.60. The number of hydrogen-bond donors (Lipinski definition) is 0. The zero-order valence-electron chi connectivity index (χ0n) is 12.0. The molecule has 0 unspecified atom stereocenters. The van der Waals surface area contributed by atoms with Gasteiger partial charge in [-0.1, -0.05) is 0 Å². The van der Waals surface area contributed by atoms with Crippen LogP contribution in [0.4, 0.5) is 5.69 Å². The van der Waals surface area contributed by atoms with Gasteiger partial charge in [0.25, 0.3) is 0 Å². The summed E-state index contributed by atoms with van der Waals surface area (Å²) in [6, 6.07) is 7.72. The lowest BCUT2D eigenvalue weighted by atomic mass is 10.2. The number of anilines is 1. The van der Waals surface area contributed by atoms with Gasteiger partial charge in [0.2, 0.25) is 5.91 Å². The van der Waals surface area contributed by atoms with E-state index in [4.69, 9.17) is 4.42 Å². The van der Waals surface area contributed by atoms with Crippen molar-refractivity contribution in [1.29, 1.82) is 0 Å². The van der Waals surface area contributed by atoms with Crippen LogP contribution in [-0.2, 0) is 4.79 Å². The Balaban J connectivity index is 1.55. The standard InChI is InChI=1S/C16H16IN3O2/c17-15-3-1-14(22-15)2-4-16(21)20-11-9-19(10-12-20)13-5-7-18-8-6-13/h1-8H,9-12H2/b4-2+. The summed E-state index contributed by atoms with van der Waals surface area (Å²) in [4.78, 5) is 20.3. The third-order valence-corrected chi connectivity index (χ3v) is 4.18. The van der Waals surface area contributed by atoms with Crippen LogP contribution in [-0.4, -0.2) is 42.0 Å². The third kappa shape index (κ3) is 3.68. The van der Waals surface area contributed by atoms with Crippen LogP contribution in [0.5, 0.6) is 0 Å². The van der Waals surface area contributed by atoms with E-state index in [0.29, 0.717) is 5.76 Å². The average Bonchev–Trinajstić information content (AvgIpc) is 2.99. The molecule has 2 aromatic heterocycles. The molecule has 22 heavy (non-hydrogen) atoms. The number of aromatic nitrogens is 1. The summed E-state index contributed by atoms with van der Waals surface area (Å²) in [7, 11) is 0. The fourth-order valence-electron chi connectivity index (χ4n) is 2.42. The quantitative estimate of drug-likeness (QED) is 0.578. The van der Waals surface area contributed by atoms with Gasteiger partial charge in [0, 0.05) is 50.3 Å². The number of furan rings is 1. The van der Waals surface area contributed by atoms with Crippen molar-refractivity contribution >= 4 is 40.3 Å². The molecule has 1 fully saturated rings. The number of hydrogen-bond acceptors (Lipinski definition) is 4. The highest BCUT2D eigenvalue weighted by Gasteiger charge is 2.19. The maximum absolute atomic E-state index is 12.2. The summed E-state index contributed by atoms with van der Waals surface area (Å²) in [5.74, 6) is 0.731. The predicted molar refractivity (Wildman–Crippen MR) is 93.5 cm³/mol. The number of piperazine rings is 1. The van der Waals surface area contributed by atoms with Crippen molar-refractivity contribution in [3.05, 3.63) is 52.3 Å². The zero-order valence-corrected chi connectivity index (χ0v) is 14.1. The molecule has 114 valence electrons. The molecule has 1 aliphatic rings. The smallest absolute Gasteiger partial charge is 0.246 e. The molecule has 5 nitrogen and oxygen atoms in total. The molecular formula is C16H16IN3O2. The Kier molecular flexibility index (Phi) is 4.77. The first-order valence-corrected chi connectivity index (χ1v) is 8.17. The summed E-state index contributed by atoms with van der Waals surface area (Å²) >= 11 is 2.10. The molecule has 0 saturated carbocycles. The van der Waals surface area contributed by atoms with Crippen LogP contribution < -0.4 is 4.90 Å². The largest absolute Gasteiger partial charge is 0.451 e. The van der Waals surface area contributed by atoms with E-state index in [1.54, 1.807) is 24.5 Å². The second-order valence-electron chi connectivity index (χ2n) is 4.99. The van der Waals surface area contributed by atoms with Crippen LogP contribution >= 0.6 is 22.6 Å². The number of rotatable bonds is 3. The topological polar surface area (TPSA) is 49.6 Å². The minimum atomic E-state index is 0.0285. The highest BCUT2D eigenvalue weighted by molar-refractivity contribution is 14.1. The van der Waals surface area contributed by atoms with Crippen molar-refractivity contribution in [3.63, 3.8) is 0 Å². The molecule has 2 aromatic rings. The van der Waals surface area contributed by atoms with Crippen molar-refractivity contribution < 1.29 is 9.21 Å². The lowest BCUT2D eigenvalue weighted by Gasteiger charge is -2.35. The first-order chi connectivity index (χ1) is 10.7. The average molecular weight is 409 g/mol. The second kappa shape index (κ2) is 6.95. The molecule has 3 heterocycles. The minimum absolute atomic E-state index is 0.0285. The lowest BCUT2D eigenvalue weighted by molar-refractivity contribution is -0.126. The molecule has 0 N–H and O–H groups in total. The van der Waals surface area contributed by atoms with Gasteiger partial charge in [0.05, 0.1) is 0 Å². The van der Waals surface area contributed by atoms with E-state index in [1.807, 2.05) is 29.2 Å². The van der Waals surface area contributed by atoms with Crippen LogP contribution in [0.25, 0.3) is 6.08 Å². The van der Waals surface area contributed by atoms with Gasteiger partial charge < -0.3 is 14.2 Å². The van der Waals surface area contributed by atoms with E-state index < -0.39 is 0 Å². The van der Waals surface area contributed by atoms with Crippen LogP contribution in [0.3, 0.4) is 0 Å². The van der Waals surface area contributed by atoms with Crippen LogP contribution in [0, 0.1) is 3.77 Å². The maximum Gasteiger partial charge on any atom is 0.246 e. The Morgan fingerprint density at radius 1 is 1.14 bits per heavy atom. The second-order valence-corrected chi connectivity index (χ2v) is 6.06. The molecule has 3 rings (SSSR count). The van der Waals surface area contributed by atoms with Gasteiger partial charge >= 0.3 is 0 Å². The Bertz CT molecular complexity index is 661. The molecule has 0 radical (unpaired) electrons. The molecular weight excluding hydrogens is 393 g/mol. The van der Waals surface area contributed by atoms with E-state index in [0.717, 1.165) is 35.6 Å². The highest BCUT2D eigenvalue weighted by Crippen LogP contribution is 2.15. The molecule has 1 amide bonds. The van der Waals surface area contributed by atoms with E-state index in [1.165, 1.54) is 0 Å². The normalized spacial score (nSPS) is 15.5. The summed E-state index contributed by atoms with van der Waals surface area (Å²) in [6.07, 6.45) is 6.89. The summed E-state index contributed by atoms with van der Waals surface area (Å²) in [6.45, 7) is 3.12. The van der Waals surface area contributed by atoms with Gasteiger partial charge in [-0.25, -0.2) is 0 Å². The Hall–Kier alpha value is -1.83. The van der Waals surface area contributed by atoms with Crippen LogP contribution in [0.1, 0.15) is 5.76 Å². The fourth-order valence-corrected chi connectivity index (χ4v) is 2.85. The van der Waals surface area contributed by atoms with Crippen LogP contribution in [0.15, 0.2) is 47.2 Å². The number of carbonyl (C=O) groups excluding carboxylic acids is 1. The summed E-state index contributed by atoms with van der Waals surface area (Å²) in [5.41, 5.74) is 1.16. The Labute approximate surface area is 142 Å². The van der Waals surface area contributed by atoms with Crippen LogP contribution in [0.2, 0.25) is 0 Å². The lowest BCUT2D eigenvalue weighted by Crippen LogP contribution is -2.48. The number of halogens is 1. The zero-order chi connectivity index (χ0) is 15.4. The molecule has 0 bridgehead atoms. The molecule has 1 saturated heterocycles. The molecule has 0 aliphatic carbocycles. The predicted octanol–water partition coefficient (Wildman–Crippen LogP) is 2.64. The van der Waals surface area contributed by atoms with Gasteiger partial charge in [-0.3, -0.25) is 9.78 Å². The van der Waals surface area contributed by atoms with Crippen molar-refractivity contribution in [2.45, 2.75) is 0 Å². The van der Waals surface area contributed by atoms with Gasteiger partial charge in [-0.2, -0.15) is 0 Å². The molecule has 0 atom stereocenters. The first-order valence-electron chi connectivity index (χ1n) is 7.10. The van der Waals surface area contributed by atoms with E-state index in [-0.39, 0.29) is 5.91 Å². The highest BCUT2D eigenvalue weighted by atomic mass is 127. The van der Waals surface area contributed by atoms with Crippen molar-refractivity contribution in [2.24, 2.45) is 0 Å². The van der Waals surface area contributed by atoms with Gasteiger partial charge in [-0.15, -0.1) is 0 Å². The van der Waals surface area contributed by atoms with Gasteiger partial charge in [0.1, 0.15) is 5.76 Å². The fraction of sp³-hybridized carbons (Fsp3) is 0.250. The van der Waals surface area contributed by atoms with E-state index in [9.17, 15) is 4.79 Å². The Morgan fingerprint density at radius 3 is 2.50 bits per heavy atom. The number of carbonyl (C=O) groups is 1. The van der Waals surface area contributed by atoms with E-state index >= 15 is 0 Å². The van der Waals surface area contributed by atoms with Gasteiger partial charge in [0.15, 0.2) is 3.77 Å². The Morgan fingerprint density at radius 2 is 1.86 bits per heavy atom. The first kappa shape index (κ1) is 15.1. The minimum Gasteiger partial charge on any atom is -0.451 e.